The first-order valence-corrected chi connectivity index (χ1v) is 9.95. The fourth-order valence-corrected chi connectivity index (χ4v) is 3.62. The summed E-state index contributed by atoms with van der Waals surface area (Å²) in [6.45, 7) is 1.78. The predicted octanol–water partition coefficient (Wildman–Crippen LogP) is 5.60. The van der Waals surface area contributed by atoms with Crippen molar-refractivity contribution in [1.82, 2.24) is 0 Å². The van der Waals surface area contributed by atoms with Crippen molar-refractivity contribution in [2.45, 2.75) is 6.92 Å². The van der Waals surface area contributed by atoms with Crippen LogP contribution in [0.5, 0.6) is 17.2 Å². The number of benzene rings is 3. The van der Waals surface area contributed by atoms with E-state index in [0.717, 1.165) is 11.3 Å². The highest BCUT2D eigenvalue weighted by atomic mass is 79.9. The Kier molecular flexibility index (Phi) is 5.42. The Balaban J connectivity index is 1.60. The largest absolute Gasteiger partial charge is 0.497 e. The number of carbonyl (C=O) groups excluding carboxylic acids is 2. The maximum absolute atomic E-state index is 12.8. The van der Waals surface area contributed by atoms with Gasteiger partial charge in [-0.2, -0.15) is 0 Å². The van der Waals surface area contributed by atoms with Gasteiger partial charge in [-0.3, -0.25) is 4.79 Å². The van der Waals surface area contributed by atoms with Crippen LogP contribution in [0.1, 0.15) is 31.8 Å². The van der Waals surface area contributed by atoms with Crippen LogP contribution in [0, 0.1) is 6.92 Å². The molecule has 6 heteroatoms. The summed E-state index contributed by atoms with van der Waals surface area (Å²) in [7, 11) is 1.59. The number of ether oxygens (including phenoxy) is 3. The van der Waals surface area contributed by atoms with Crippen LogP contribution in [-0.2, 0) is 0 Å². The van der Waals surface area contributed by atoms with Crippen molar-refractivity contribution >= 4 is 33.8 Å². The average molecular weight is 465 g/mol. The van der Waals surface area contributed by atoms with Gasteiger partial charge in [0.25, 0.3) is 0 Å². The fraction of sp³-hybridized carbons (Fsp3) is 0.0833. The van der Waals surface area contributed by atoms with Gasteiger partial charge >= 0.3 is 5.97 Å². The van der Waals surface area contributed by atoms with E-state index < -0.39 is 5.97 Å². The molecule has 0 unspecified atom stereocenters. The van der Waals surface area contributed by atoms with E-state index in [2.05, 4.69) is 15.9 Å². The van der Waals surface area contributed by atoms with Crippen molar-refractivity contribution in [3.8, 4) is 17.2 Å². The Hall–Kier alpha value is -3.38. The molecule has 0 saturated carbocycles. The van der Waals surface area contributed by atoms with Crippen molar-refractivity contribution in [2.24, 2.45) is 0 Å². The van der Waals surface area contributed by atoms with Gasteiger partial charge in [0.2, 0.25) is 5.78 Å². The van der Waals surface area contributed by atoms with Gasteiger partial charge in [0.05, 0.1) is 18.2 Å². The van der Waals surface area contributed by atoms with Crippen molar-refractivity contribution in [3.05, 3.63) is 93.1 Å². The van der Waals surface area contributed by atoms with Crippen LogP contribution in [0.3, 0.4) is 0 Å². The summed E-state index contributed by atoms with van der Waals surface area (Å²) in [6.07, 6.45) is 1.67. The SMILES string of the molecule is COc1ccc(/C=C2\Oc3cc(OC(=O)c4ccccc4Br)cc(C)c3C2=O)cc1. The number of methoxy groups -OCH3 is 1. The number of fused-ring (bicyclic) bond motifs is 1. The molecular formula is C24H17BrO5. The zero-order valence-electron chi connectivity index (χ0n) is 16.3. The topological polar surface area (TPSA) is 61.8 Å². The lowest BCUT2D eigenvalue weighted by Gasteiger charge is -2.08. The molecule has 0 N–H and O–H groups in total. The summed E-state index contributed by atoms with van der Waals surface area (Å²) in [4.78, 5) is 25.3. The lowest BCUT2D eigenvalue weighted by Crippen LogP contribution is -2.09. The van der Waals surface area contributed by atoms with E-state index in [0.29, 0.717) is 32.7 Å². The smallest absolute Gasteiger partial charge is 0.344 e. The fourth-order valence-electron chi connectivity index (χ4n) is 3.18. The highest BCUT2D eigenvalue weighted by molar-refractivity contribution is 9.10. The third kappa shape index (κ3) is 3.86. The Morgan fingerprint density at radius 3 is 2.47 bits per heavy atom. The molecule has 0 spiro atoms. The van der Waals surface area contributed by atoms with E-state index in [1.807, 2.05) is 30.3 Å². The summed E-state index contributed by atoms with van der Waals surface area (Å²) in [5, 5.41) is 0. The minimum Gasteiger partial charge on any atom is -0.497 e. The molecule has 0 atom stereocenters. The van der Waals surface area contributed by atoms with Crippen molar-refractivity contribution in [3.63, 3.8) is 0 Å². The van der Waals surface area contributed by atoms with Gasteiger partial charge < -0.3 is 14.2 Å². The number of esters is 1. The Morgan fingerprint density at radius 2 is 1.77 bits per heavy atom. The molecule has 3 aromatic rings. The first kappa shape index (κ1) is 19.9. The van der Waals surface area contributed by atoms with E-state index in [-0.39, 0.29) is 11.5 Å². The molecule has 1 heterocycles. The number of aryl methyl sites for hydroxylation is 1. The van der Waals surface area contributed by atoms with Crippen LogP contribution < -0.4 is 14.2 Å². The van der Waals surface area contributed by atoms with Crippen LogP contribution in [0.2, 0.25) is 0 Å². The standard InChI is InChI=1S/C24H17BrO5/c1-14-11-17(29-24(27)18-5-3-4-6-19(18)25)13-20-22(14)23(26)21(30-20)12-15-7-9-16(28-2)10-8-15/h3-13H,1-2H3/b21-12-. The van der Waals surface area contributed by atoms with Crippen LogP contribution in [0.25, 0.3) is 6.08 Å². The van der Waals surface area contributed by atoms with Crippen LogP contribution in [-0.4, -0.2) is 18.9 Å². The zero-order valence-corrected chi connectivity index (χ0v) is 17.9. The molecule has 150 valence electrons. The molecule has 30 heavy (non-hydrogen) atoms. The van der Waals surface area contributed by atoms with E-state index in [1.54, 1.807) is 50.4 Å². The molecule has 4 rings (SSSR count). The number of allylic oxidation sites excluding steroid dienone is 1. The highest BCUT2D eigenvalue weighted by Crippen LogP contribution is 2.38. The lowest BCUT2D eigenvalue weighted by molar-refractivity contribution is 0.0733. The quantitative estimate of drug-likeness (QED) is 0.285. The van der Waals surface area contributed by atoms with E-state index in [9.17, 15) is 9.59 Å². The first-order chi connectivity index (χ1) is 14.5. The third-order valence-electron chi connectivity index (χ3n) is 4.66. The second-order valence-electron chi connectivity index (χ2n) is 6.70. The molecule has 0 fully saturated rings. The van der Waals surface area contributed by atoms with Crippen molar-refractivity contribution in [1.29, 1.82) is 0 Å². The minimum absolute atomic E-state index is 0.206. The molecule has 0 saturated heterocycles. The number of hydrogen-bond acceptors (Lipinski definition) is 5. The maximum Gasteiger partial charge on any atom is 0.344 e. The molecule has 3 aromatic carbocycles. The summed E-state index contributed by atoms with van der Waals surface area (Å²) in [5.74, 6) is 0.918. The molecule has 0 amide bonds. The number of carbonyl (C=O) groups is 2. The van der Waals surface area contributed by atoms with Gasteiger partial charge in [-0.15, -0.1) is 0 Å². The molecule has 0 aliphatic carbocycles. The van der Waals surface area contributed by atoms with Crippen LogP contribution >= 0.6 is 15.9 Å². The normalized spacial score (nSPS) is 13.7. The van der Waals surface area contributed by atoms with Gasteiger partial charge in [0.15, 0.2) is 5.76 Å². The molecular weight excluding hydrogens is 448 g/mol. The second kappa shape index (κ2) is 8.16. The number of Topliss-reactive ketones (excluding diaryl/α,β-unsaturated/α-hetero) is 1. The van der Waals surface area contributed by atoms with E-state index in [4.69, 9.17) is 14.2 Å². The van der Waals surface area contributed by atoms with Gasteiger partial charge in [0, 0.05) is 10.5 Å². The zero-order chi connectivity index (χ0) is 21.3. The van der Waals surface area contributed by atoms with Gasteiger partial charge in [-0.25, -0.2) is 4.79 Å². The van der Waals surface area contributed by atoms with E-state index in [1.165, 1.54) is 0 Å². The van der Waals surface area contributed by atoms with E-state index >= 15 is 0 Å². The molecule has 1 aliphatic heterocycles. The van der Waals surface area contributed by atoms with Gasteiger partial charge in [0.1, 0.15) is 17.2 Å². The molecule has 5 nitrogen and oxygen atoms in total. The number of rotatable bonds is 4. The molecule has 0 bridgehead atoms. The highest BCUT2D eigenvalue weighted by Gasteiger charge is 2.30. The molecule has 1 aliphatic rings. The lowest BCUT2D eigenvalue weighted by atomic mass is 10.0. The molecule has 0 aromatic heterocycles. The summed E-state index contributed by atoms with van der Waals surface area (Å²) < 4.78 is 17.1. The van der Waals surface area contributed by atoms with Crippen LogP contribution in [0.4, 0.5) is 0 Å². The number of ketones is 1. The Labute approximate surface area is 182 Å². The Morgan fingerprint density at radius 1 is 1.03 bits per heavy atom. The summed E-state index contributed by atoms with van der Waals surface area (Å²) in [6, 6.07) is 17.5. The summed E-state index contributed by atoms with van der Waals surface area (Å²) in [5.41, 5.74) is 2.36. The Bertz CT molecular complexity index is 1180. The van der Waals surface area contributed by atoms with Crippen molar-refractivity contribution < 1.29 is 23.8 Å². The van der Waals surface area contributed by atoms with Crippen LogP contribution in [0.15, 0.2) is 70.9 Å². The van der Waals surface area contributed by atoms with Gasteiger partial charge in [-0.05, 0) is 70.4 Å². The third-order valence-corrected chi connectivity index (χ3v) is 5.35. The predicted molar refractivity (Wildman–Crippen MR) is 116 cm³/mol. The molecule has 0 radical (unpaired) electrons. The number of hydrogen-bond donors (Lipinski definition) is 0. The average Bonchev–Trinajstić information content (AvgIpc) is 3.04. The van der Waals surface area contributed by atoms with Gasteiger partial charge in [-0.1, -0.05) is 24.3 Å². The number of halogens is 1. The summed E-state index contributed by atoms with van der Waals surface area (Å²) >= 11 is 3.35. The minimum atomic E-state index is -0.500. The van der Waals surface area contributed by atoms with Crippen molar-refractivity contribution in [2.75, 3.05) is 7.11 Å². The monoisotopic (exact) mass is 464 g/mol. The second-order valence-corrected chi connectivity index (χ2v) is 7.55. The maximum atomic E-state index is 12.8. The first-order valence-electron chi connectivity index (χ1n) is 9.16.